The molecule has 0 spiro atoms. The van der Waals surface area contributed by atoms with Gasteiger partial charge in [0.05, 0.1) is 6.42 Å². The number of hydrogen-bond acceptors (Lipinski definition) is 13. The van der Waals surface area contributed by atoms with Crippen LogP contribution < -0.4 is 38.1 Å². The number of fused-ring (bicyclic) bond motifs is 2. The van der Waals surface area contributed by atoms with E-state index in [4.69, 9.17) is 16.2 Å². The number of esters is 1. The molecule has 412 valence electrons. The summed E-state index contributed by atoms with van der Waals surface area (Å²) in [6.07, 6.45) is -0.376. The second-order valence-corrected chi connectivity index (χ2v) is 19.5. The number of nitrogens with one attached hydrogen (secondary N) is 5. The molecule has 4 rings (SSSR count). The molecule has 0 unspecified atom stereocenters. The fraction of sp³-hybridized carbons (Fsp3) is 0.577. The van der Waals surface area contributed by atoms with Crippen molar-refractivity contribution in [2.45, 2.75) is 172 Å². The average molecular weight is 1050 g/mol. The zero-order valence-electron chi connectivity index (χ0n) is 43.5. The number of aliphatic carboxylic acids is 1. The summed E-state index contributed by atoms with van der Waals surface area (Å²) in [5.41, 5.74) is 12.3. The molecule has 0 radical (unpaired) electrons. The third-order valence-corrected chi connectivity index (χ3v) is 13.2. The summed E-state index contributed by atoms with van der Waals surface area (Å²) < 4.78 is 5.86. The van der Waals surface area contributed by atoms with Crippen molar-refractivity contribution in [3.8, 4) is 5.75 Å². The Hall–Kier alpha value is -7.30. The lowest BCUT2D eigenvalue weighted by molar-refractivity contribution is -0.165. The number of nitrogens with zero attached hydrogens (tertiary/aromatic N) is 3. The van der Waals surface area contributed by atoms with Crippen LogP contribution in [0, 0.1) is 5.92 Å². The fourth-order valence-electron chi connectivity index (χ4n) is 8.97. The van der Waals surface area contributed by atoms with Crippen LogP contribution in [-0.2, 0) is 60.7 Å². The number of unbranched alkanes of at least 4 members (excludes halogenated alkanes) is 4. The minimum Gasteiger partial charge on any atom is -0.508 e. The number of carbonyl (C=O) groups excluding carboxylic acids is 8. The quantitative estimate of drug-likeness (QED) is 0.0355. The van der Waals surface area contributed by atoms with Crippen LogP contribution in [-0.4, -0.2) is 153 Å². The zero-order chi connectivity index (χ0) is 55.4. The van der Waals surface area contributed by atoms with E-state index in [1.165, 1.54) is 26.1 Å². The SMILES string of the molecule is CCCCCCCC(=O)N[C@@H](CC(=O)O)C(=O)N[C@H]1C(=O)N[C@H](CCCN=C(N)N)C(=O)N[C@H]2CC[C@@H](O)N(C2=O)[C@H](Cc2ccccc2)C(=O)N(C)[C@@H](CCc2ccc(O)cc2)C(=O)N[C@H](C(C)C)C(=O)O[C@H]1C. The van der Waals surface area contributed by atoms with Gasteiger partial charge in [-0.3, -0.25) is 43.3 Å². The predicted molar refractivity (Wildman–Crippen MR) is 275 cm³/mol. The molecule has 23 nitrogen and oxygen atoms in total. The molecule has 2 aromatic carbocycles. The number of aliphatic imine (C=N–C) groups is 1. The number of cyclic esters (lactones) is 1. The number of phenolic OH excluding ortho intramolecular Hbond substituents is 1. The summed E-state index contributed by atoms with van der Waals surface area (Å²) in [6, 6.07) is 4.14. The second kappa shape index (κ2) is 29.6. The first-order chi connectivity index (χ1) is 35.6. The molecular weight excluding hydrogens is 973 g/mol. The third kappa shape index (κ3) is 18.5. The van der Waals surface area contributed by atoms with Crippen molar-refractivity contribution >= 4 is 59.2 Å². The van der Waals surface area contributed by atoms with Gasteiger partial charge in [0.1, 0.15) is 60.4 Å². The van der Waals surface area contributed by atoms with E-state index in [9.17, 15) is 53.7 Å². The van der Waals surface area contributed by atoms with E-state index in [-0.39, 0.29) is 69.6 Å². The monoisotopic (exact) mass is 1050 g/mol. The average Bonchev–Trinajstić information content (AvgIpc) is 3.35. The number of aryl methyl sites for hydroxylation is 1. The maximum absolute atomic E-state index is 15.1. The lowest BCUT2D eigenvalue weighted by Gasteiger charge is -2.43. The van der Waals surface area contributed by atoms with Crippen molar-refractivity contribution in [3.63, 3.8) is 0 Å². The van der Waals surface area contributed by atoms with Gasteiger partial charge in [0.25, 0.3) is 0 Å². The number of phenols is 1. The molecule has 2 saturated heterocycles. The minimum absolute atomic E-state index is 0.000721. The van der Waals surface area contributed by atoms with E-state index in [1.807, 2.05) is 6.92 Å². The van der Waals surface area contributed by atoms with Gasteiger partial charge in [-0.25, -0.2) is 4.79 Å². The third-order valence-electron chi connectivity index (χ3n) is 13.2. The van der Waals surface area contributed by atoms with Gasteiger partial charge in [-0.2, -0.15) is 0 Å². The van der Waals surface area contributed by atoms with Crippen molar-refractivity contribution < 1.29 is 63.2 Å². The maximum Gasteiger partial charge on any atom is 0.329 e. The number of aliphatic hydroxyl groups excluding tert-OH is 1. The summed E-state index contributed by atoms with van der Waals surface area (Å²) in [5, 5.41) is 44.2. The fourth-order valence-corrected chi connectivity index (χ4v) is 8.97. The van der Waals surface area contributed by atoms with Crippen LogP contribution in [0.3, 0.4) is 0 Å². The molecule has 2 heterocycles. The molecule has 23 heteroatoms. The molecule has 12 N–H and O–H groups in total. The summed E-state index contributed by atoms with van der Waals surface area (Å²) in [4.78, 5) is 133. The summed E-state index contributed by atoms with van der Waals surface area (Å²) in [7, 11) is 1.36. The van der Waals surface area contributed by atoms with Crippen LogP contribution in [0.1, 0.15) is 116 Å². The number of carboxylic acid groups (broad SMARTS) is 1. The first kappa shape index (κ1) is 60.3. The van der Waals surface area contributed by atoms with Gasteiger partial charge in [-0.05, 0) is 81.0 Å². The number of nitrogens with two attached hydrogens (primary N) is 2. The number of aromatic hydroxyl groups is 1. The Morgan fingerprint density at radius 1 is 0.827 bits per heavy atom. The van der Waals surface area contributed by atoms with Gasteiger partial charge in [-0.1, -0.05) is 88.9 Å². The molecule has 2 aliphatic heterocycles. The smallest absolute Gasteiger partial charge is 0.329 e. The molecule has 75 heavy (non-hydrogen) atoms. The van der Waals surface area contributed by atoms with Crippen LogP contribution in [0.4, 0.5) is 0 Å². The number of hydrogen-bond donors (Lipinski definition) is 10. The Kier molecular flexibility index (Phi) is 23.7. The van der Waals surface area contributed by atoms with E-state index >= 15 is 4.79 Å². The Labute approximate surface area is 437 Å². The van der Waals surface area contributed by atoms with Gasteiger partial charge in [0.2, 0.25) is 41.4 Å². The van der Waals surface area contributed by atoms with E-state index < -0.39 is 120 Å². The molecule has 9 atom stereocenters. The molecule has 2 aliphatic rings. The second-order valence-electron chi connectivity index (χ2n) is 19.5. The van der Waals surface area contributed by atoms with Crippen LogP contribution in [0.2, 0.25) is 0 Å². The Balaban J connectivity index is 1.84. The molecule has 2 fully saturated rings. The molecule has 2 aromatic rings. The van der Waals surface area contributed by atoms with Crippen molar-refractivity contribution in [1.82, 2.24) is 36.4 Å². The van der Waals surface area contributed by atoms with E-state index in [0.29, 0.717) is 17.5 Å². The Bertz CT molecular complexity index is 2310. The number of aliphatic hydroxyl groups is 1. The number of likely N-dealkylation sites (N-methyl/N-ethyl adjacent to an activating group) is 1. The number of guanidine groups is 1. The largest absolute Gasteiger partial charge is 0.508 e. The summed E-state index contributed by atoms with van der Waals surface area (Å²) >= 11 is 0. The number of carbonyl (C=O) groups is 9. The summed E-state index contributed by atoms with van der Waals surface area (Å²) in [5.74, 6) is -9.68. The molecule has 0 aliphatic carbocycles. The van der Waals surface area contributed by atoms with Gasteiger partial charge < -0.3 is 67.9 Å². The van der Waals surface area contributed by atoms with E-state index in [0.717, 1.165) is 35.5 Å². The topological polar surface area (TPSA) is 355 Å². The molecule has 7 amide bonds. The van der Waals surface area contributed by atoms with Crippen LogP contribution in [0.5, 0.6) is 5.75 Å². The van der Waals surface area contributed by atoms with Crippen LogP contribution >= 0.6 is 0 Å². The van der Waals surface area contributed by atoms with Crippen molar-refractivity contribution in [2.75, 3.05) is 13.6 Å². The highest BCUT2D eigenvalue weighted by Crippen LogP contribution is 2.26. The first-order valence-corrected chi connectivity index (χ1v) is 25.7. The highest BCUT2D eigenvalue weighted by Gasteiger charge is 2.46. The Morgan fingerprint density at radius 3 is 2.15 bits per heavy atom. The molecule has 2 bridgehead atoms. The minimum atomic E-state index is -1.88. The lowest BCUT2D eigenvalue weighted by atomic mass is 9.95. The number of piperidine rings is 1. The van der Waals surface area contributed by atoms with Gasteiger partial charge in [-0.15, -0.1) is 0 Å². The van der Waals surface area contributed by atoms with Crippen LogP contribution in [0.25, 0.3) is 0 Å². The maximum atomic E-state index is 15.1. The number of benzene rings is 2. The highest BCUT2D eigenvalue weighted by atomic mass is 16.5. The van der Waals surface area contributed by atoms with Gasteiger partial charge >= 0.3 is 11.9 Å². The normalized spacial score (nSPS) is 23.6. The van der Waals surface area contributed by atoms with Gasteiger partial charge in [0.15, 0.2) is 5.96 Å². The van der Waals surface area contributed by atoms with Crippen molar-refractivity contribution in [1.29, 1.82) is 0 Å². The standard InChI is InChI=1S/C52H76N10O13/c1-6-7-8-9-13-18-40(64)56-37(29-42(66)67)46(69)60-44-31(4)75-51(74)43(30(2)3)59-47(70)38(25-21-32-19-22-34(63)23-20-32)61(5)50(73)39(28-33-15-11-10-12-16-33)62-41(65)26-24-36(49(62)72)58-45(68)35(57-48(44)71)17-14-27-55-52(53)54/h10-12,15-16,19-20,22-23,30-31,35-39,41,43-44,63,65H,6-9,13-14,17-18,21,24-29H2,1-5H3,(H,56,64)(H,57,71)(H,58,68)(H,59,70)(H,60,69)(H,66,67)(H4,53,54,55)/t31-,35+,36-,37-,38-,39+,41+,43+,44+/m0/s1. The number of amides is 7. The first-order valence-electron chi connectivity index (χ1n) is 25.7. The number of rotatable bonds is 21. The van der Waals surface area contributed by atoms with E-state index in [1.54, 1.807) is 56.3 Å². The van der Waals surface area contributed by atoms with Crippen molar-refractivity contribution in [2.24, 2.45) is 22.4 Å². The Morgan fingerprint density at radius 2 is 1.51 bits per heavy atom. The number of carboxylic acids is 1. The highest BCUT2D eigenvalue weighted by molar-refractivity contribution is 5.99. The van der Waals surface area contributed by atoms with Crippen LogP contribution in [0.15, 0.2) is 59.6 Å². The van der Waals surface area contributed by atoms with Gasteiger partial charge in [0, 0.05) is 26.4 Å². The summed E-state index contributed by atoms with van der Waals surface area (Å²) in [6.45, 7) is 6.47. The molecule has 0 saturated carbocycles. The van der Waals surface area contributed by atoms with Crippen molar-refractivity contribution in [3.05, 3.63) is 65.7 Å². The predicted octanol–water partition coefficient (Wildman–Crippen LogP) is 0.618. The zero-order valence-corrected chi connectivity index (χ0v) is 43.5. The lowest BCUT2D eigenvalue weighted by Crippen LogP contribution is -2.65. The van der Waals surface area contributed by atoms with E-state index in [2.05, 4.69) is 31.6 Å². The molecule has 0 aromatic heterocycles. The molecular formula is C52H76N10O13. The number of ether oxygens (including phenoxy) is 1.